The fourth-order valence-electron chi connectivity index (χ4n) is 5.16. The molecule has 238 valence electrons. The third kappa shape index (κ3) is 29.9. The van der Waals surface area contributed by atoms with Crippen LogP contribution in [-0.2, 0) is 19.1 Å². The molecule has 0 N–H and O–H groups in total. The lowest BCUT2D eigenvalue weighted by Crippen LogP contribution is -2.27. The molecule has 0 rings (SSSR count). The zero-order chi connectivity index (χ0) is 29.5. The van der Waals surface area contributed by atoms with E-state index in [0.29, 0.717) is 19.4 Å². The Morgan fingerprint density at radius 1 is 0.550 bits per heavy atom. The third-order valence-corrected chi connectivity index (χ3v) is 7.84. The molecule has 0 bridgehead atoms. The number of carbonyl (C=O) groups excluding carboxylic acids is 2. The number of carbonyl (C=O) groups is 2. The van der Waals surface area contributed by atoms with Crippen LogP contribution in [-0.4, -0.2) is 50.2 Å². The van der Waals surface area contributed by atoms with E-state index in [1.165, 1.54) is 122 Å². The van der Waals surface area contributed by atoms with E-state index in [4.69, 9.17) is 9.47 Å². The topological polar surface area (TPSA) is 55.8 Å². The average Bonchev–Trinajstić information content (AvgIpc) is 2.93. The number of unbranched alkanes of at least 4 members (excludes halogenated alkanes) is 21. The van der Waals surface area contributed by atoms with Gasteiger partial charge in [-0.3, -0.25) is 9.59 Å². The van der Waals surface area contributed by atoms with Gasteiger partial charge in [-0.2, -0.15) is 0 Å². The van der Waals surface area contributed by atoms with Crippen molar-refractivity contribution < 1.29 is 19.1 Å². The van der Waals surface area contributed by atoms with Crippen molar-refractivity contribution in [2.75, 3.05) is 27.2 Å². The van der Waals surface area contributed by atoms with Crippen molar-refractivity contribution in [1.29, 1.82) is 0 Å². The zero-order valence-electron chi connectivity index (χ0n) is 27.5. The van der Waals surface area contributed by atoms with Crippen LogP contribution >= 0.6 is 0 Å². The maximum Gasteiger partial charge on any atom is 0.309 e. The van der Waals surface area contributed by atoms with Crippen molar-refractivity contribution in [3.05, 3.63) is 0 Å². The molecule has 40 heavy (non-hydrogen) atoms. The van der Waals surface area contributed by atoms with Crippen LogP contribution in [0, 0.1) is 0 Å². The van der Waals surface area contributed by atoms with E-state index >= 15 is 0 Å². The summed E-state index contributed by atoms with van der Waals surface area (Å²) in [6, 6.07) is 0. The van der Waals surface area contributed by atoms with Gasteiger partial charge in [-0.05, 0) is 33.4 Å². The van der Waals surface area contributed by atoms with Gasteiger partial charge in [0.15, 0.2) is 0 Å². The van der Waals surface area contributed by atoms with E-state index in [0.717, 1.165) is 32.2 Å². The largest absolute Gasteiger partial charge is 0.466 e. The molecule has 0 aliphatic heterocycles. The second-order valence-electron chi connectivity index (χ2n) is 12.3. The third-order valence-electron chi connectivity index (χ3n) is 7.84. The number of nitrogens with zero attached hydrogens (tertiary/aromatic N) is 1. The van der Waals surface area contributed by atoms with Gasteiger partial charge in [-0.15, -0.1) is 0 Å². The van der Waals surface area contributed by atoms with Crippen molar-refractivity contribution >= 4 is 11.9 Å². The minimum absolute atomic E-state index is 0.163. The van der Waals surface area contributed by atoms with Gasteiger partial charge in [0.2, 0.25) is 0 Å². The highest BCUT2D eigenvalue weighted by Gasteiger charge is 2.19. The van der Waals surface area contributed by atoms with E-state index in [9.17, 15) is 9.59 Å². The first-order valence-electron chi connectivity index (χ1n) is 17.5. The maximum atomic E-state index is 12.4. The summed E-state index contributed by atoms with van der Waals surface area (Å²) in [5, 5.41) is 0. The van der Waals surface area contributed by atoms with Gasteiger partial charge in [0, 0.05) is 13.0 Å². The summed E-state index contributed by atoms with van der Waals surface area (Å²) >= 11 is 0. The van der Waals surface area contributed by atoms with Crippen LogP contribution in [0.25, 0.3) is 0 Å². The van der Waals surface area contributed by atoms with Crippen LogP contribution < -0.4 is 0 Å². The highest BCUT2D eigenvalue weighted by atomic mass is 16.6. The van der Waals surface area contributed by atoms with Crippen LogP contribution in [0.3, 0.4) is 0 Å². The first-order valence-corrected chi connectivity index (χ1v) is 17.5. The predicted octanol–water partition coefficient (Wildman–Crippen LogP) is 10.2. The molecule has 0 fully saturated rings. The molecule has 0 aliphatic rings. The molecule has 0 aromatic rings. The molecular formula is C35H69NO4. The number of rotatable bonds is 31. The summed E-state index contributed by atoms with van der Waals surface area (Å²) < 4.78 is 11.2. The SMILES string of the molecule is CCCCCCCCCCCCCCC(=O)OC(CCN(C)C)CC(=O)OCCCCCCCCCCCCC. The van der Waals surface area contributed by atoms with Gasteiger partial charge < -0.3 is 14.4 Å². The molecular weight excluding hydrogens is 498 g/mol. The van der Waals surface area contributed by atoms with E-state index in [-0.39, 0.29) is 18.4 Å². The molecule has 0 aliphatic carbocycles. The Kier molecular flexibility index (Phi) is 30.0. The van der Waals surface area contributed by atoms with Crippen molar-refractivity contribution in [1.82, 2.24) is 4.90 Å². The first kappa shape index (κ1) is 38.9. The monoisotopic (exact) mass is 568 g/mol. The molecule has 0 heterocycles. The molecule has 1 unspecified atom stereocenters. The van der Waals surface area contributed by atoms with Gasteiger partial charge in [-0.1, -0.05) is 149 Å². The zero-order valence-corrected chi connectivity index (χ0v) is 27.5. The normalized spacial score (nSPS) is 12.1. The van der Waals surface area contributed by atoms with Crippen LogP contribution in [0.1, 0.15) is 181 Å². The van der Waals surface area contributed by atoms with Gasteiger partial charge in [0.1, 0.15) is 6.10 Å². The molecule has 0 saturated carbocycles. The van der Waals surface area contributed by atoms with Gasteiger partial charge in [0.05, 0.1) is 13.0 Å². The Bertz CT molecular complexity index is 510. The van der Waals surface area contributed by atoms with Crippen molar-refractivity contribution in [2.24, 2.45) is 0 Å². The lowest BCUT2D eigenvalue weighted by Gasteiger charge is -2.19. The fourth-order valence-corrected chi connectivity index (χ4v) is 5.16. The Balaban J connectivity index is 3.88. The molecule has 1 atom stereocenters. The van der Waals surface area contributed by atoms with Gasteiger partial charge in [-0.25, -0.2) is 0 Å². The summed E-state index contributed by atoms with van der Waals surface area (Å²) in [5.41, 5.74) is 0. The standard InChI is InChI=1S/C35H69NO4/c1-5-7-9-11-13-15-17-18-20-22-24-26-28-34(37)40-33(29-30-36(3)4)32-35(38)39-31-27-25-23-21-19-16-14-12-10-8-6-2/h33H,5-32H2,1-4H3. The Labute approximate surface area is 249 Å². The summed E-state index contributed by atoms with van der Waals surface area (Å²) in [5.74, 6) is -0.414. The van der Waals surface area contributed by atoms with E-state index in [1.54, 1.807) is 0 Å². The average molecular weight is 568 g/mol. The van der Waals surface area contributed by atoms with Crippen LogP contribution in [0.15, 0.2) is 0 Å². The second-order valence-corrected chi connectivity index (χ2v) is 12.3. The van der Waals surface area contributed by atoms with Crippen molar-refractivity contribution in [3.63, 3.8) is 0 Å². The minimum atomic E-state index is -0.392. The summed E-state index contributed by atoms with van der Waals surface area (Å²) in [6.07, 6.45) is 30.2. The maximum absolute atomic E-state index is 12.4. The Morgan fingerprint density at radius 3 is 1.38 bits per heavy atom. The molecule has 5 heteroatoms. The van der Waals surface area contributed by atoms with Crippen LogP contribution in [0.2, 0.25) is 0 Å². The second kappa shape index (κ2) is 30.8. The Morgan fingerprint density at radius 2 is 0.950 bits per heavy atom. The van der Waals surface area contributed by atoms with Gasteiger partial charge in [0.25, 0.3) is 0 Å². The lowest BCUT2D eigenvalue weighted by atomic mass is 10.0. The van der Waals surface area contributed by atoms with Crippen molar-refractivity contribution in [2.45, 2.75) is 187 Å². The fraction of sp³-hybridized carbons (Fsp3) is 0.943. The van der Waals surface area contributed by atoms with Crippen molar-refractivity contribution in [3.8, 4) is 0 Å². The number of esters is 2. The molecule has 0 radical (unpaired) electrons. The molecule has 0 saturated heterocycles. The van der Waals surface area contributed by atoms with Crippen LogP contribution in [0.4, 0.5) is 0 Å². The highest BCUT2D eigenvalue weighted by Crippen LogP contribution is 2.15. The predicted molar refractivity (Wildman–Crippen MR) is 171 cm³/mol. The molecule has 0 amide bonds. The summed E-state index contributed by atoms with van der Waals surface area (Å²) in [7, 11) is 3.99. The number of hydrogen-bond donors (Lipinski definition) is 0. The number of ether oxygens (including phenoxy) is 2. The molecule has 5 nitrogen and oxygen atoms in total. The van der Waals surface area contributed by atoms with E-state index in [1.807, 2.05) is 14.1 Å². The highest BCUT2D eigenvalue weighted by molar-refractivity contribution is 5.72. The molecule has 0 spiro atoms. The van der Waals surface area contributed by atoms with Gasteiger partial charge >= 0.3 is 11.9 Å². The summed E-state index contributed by atoms with van der Waals surface area (Å²) in [4.78, 5) is 26.9. The summed E-state index contributed by atoms with van der Waals surface area (Å²) in [6.45, 7) is 5.78. The molecule has 0 aromatic heterocycles. The quantitative estimate of drug-likeness (QED) is 0.0616. The van der Waals surface area contributed by atoms with E-state index in [2.05, 4.69) is 18.7 Å². The van der Waals surface area contributed by atoms with Crippen LogP contribution in [0.5, 0.6) is 0 Å². The Hall–Kier alpha value is -1.10. The minimum Gasteiger partial charge on any atom is -0.466 e. The smallest absolute Gasteiger partial charge is 0.309 e. The lowest BCUT2D eigenvalue weighted by molar-refractivity contribution is -0.155. The number of hydrogen-bond acceptors (Lipinski definition) is 5. The molecule has 0 aromatic carbocycles. The first-order chi connectivity index (χ1) is 19.5. The van der Waals surface area contributed by atoms with E-state index < -0.39 is 6.10 Å².